The van der Waals surface area contributed by atoms with Crippen molar-refractivity contribution in [3.8, 4) is 5.75 Å². The fourth-order valence-electron chi connectivity index (χ4n) is 5.91. The predicted octanol–water partition coefficient (Wildman–Crippen LogP) is 4.41. The van der Waals surface area contributed by atoms with Gasteiger partial charge in [0.2, 0.25) is 0 Å². The average molecular weight is 565 g/mol. The second kappa shape index (κ2) is 10.9. The molecule has 1 aromatic heterocycles. The van der Waals surface area contributed by atoms with Gasteiger partial charge in [-0.2, -0.15) is 13.2 Å². The minimum absolute atomic E-state index is 0.101. The van der Waals surface area contributed by atoms with E-state index >= 15 is 0 Å². The molecule has 0 radical (unpaired) electrons. The number of hydrogen-bond donors (Lipinski definition) is 2. The van der Waals surface area contributed by atoms with Crippen LogP contribution in [0, 0.1) is 24.2 Å². The third-order valence-electron chi connectivity index (χ3n) is 8.05. The molecule has 1 aliphatic carbocycles. The van der Waals surface area contributed by atoms with Crippen molar-refractivity contribution in [2.75, 3.05) is 13.1 Å². The molecule has 3 aromatic rings. The number of fused-ring (bicyclic) bond motifs is 2. The number of alkyl halides is 3. The molecule has 0 bridgehead atoms. The molecule has 2 atom stereocenters. The zero-order valence-electron chi connectivity index (χ0n) is 22.8. The van der Waals surface area contributed by atoms with Crippen LogP contribution in [0.3, 0.4) is 0 Å². The number of ether oxygens (including phenoxy) is 1. The topological polar surface area (TPSA) is 87.4 Å². The Labute approximate surface area is 235 Å². The number of halogens is 3. The molecule has 1 saturated carbocycles. The van der Waals surface area contributed by atoms with E-state index in [0.717, 1.165) is 52.7 Å². The third kappa shape index (κ3) is 5.77. The monoisotopic (exact) mass is 564 g/mol. The Morgan fingerprint density at radius 2 is 1.98 bits per heavy atom. The zero-order chi connectivity index (χ0) is 29.5. The molecule has 2 unspecified atom stereocenters. The minimum atomic E-state index is -4.49. The van der Waals surface area contributed by atoms with Gasteiger partial charge in [-0.25, -0.2) is 0 Å². The highest BCUT2D eigenvalue weighted by molar-refractivity contribution is 6.01. The van der Waals surface area contributed by atoms with Gasteiger partial charge in [-0.1, -0.05) is 12.6 Å². The summed E-state index contributed by atoms with van der Waals surface area (Å²) in [5.41, 5.74) is 3.12. The predicted molar refractivity (Wildman–Crippen MR) is 151 cm³/mol. The van der Waals surface area contributed by atoms with Crippen molar-refractivity contribution < 1.29 is 27.5 Å². The first kappa shape index (κ1) is 28.2. The number of hydrogen-bond acceptors (Lipinski definition) is 5. The summed E-state index contributed by atoms with van der Waals surface area (Å²) in [4.78, 5) is 28.0. The van der Waals surface area contributed by atoms with Crippen molar-refractivity contribution >= 4 is 41.3 Å². The van der Waals surface area contributed by atoms with E-state index in [4.69, 9.17) is 10.1 Å². The summed E-state index contributed by atoms with van der Waals surface area (Å²) >= 11 is 0. The summed E-state index contributed by atoms with van der Waals surface area (Å²) in [5.74, 6) is 0.00660. The number of carbonyl (C=O) groups excluding carboxylic acids is 2. The molecule has 1 fully saturated rings. The van der Waals surface area contributed by atoms with Gasteiger partial charge in [0.1, 0.15) is 12.3 Å². The second-order valence-corrected chi connectivity index (χ2v) is 10.7. The lowest BCUT2D eigenvalue weighted by atomic mass is 9.97. The molecule has 0 saturated heterocycles. The normalized spacial score (nSPS) is 18.5. The number of carbonyl (C=O) groups is 2. The van der Waals surface area contributed by atoms with Crippen LogP contribution in [0.4, 0.5) is 13.2 Å². The molecular weight excluding hydrogens is 533 g/mol. The summed E-state index contributed by atoms with van der Waals surface area (Å²) in [7, 11) is 1.87. The van der Waals surface area contributed by atoms with E-state index in [2.05, 4.69) is 6.58 Å². The highest BCUT2D eigenvalue weighted by Crippen LogP contribution is 2.36. The molecular formula is C31H31F3N4O3. The smallest absolute Gasteiger partial charge is 0.405 e. The summed E-state index contributed by atoms with van der Waals surface area (Å²) in [6.45, 7) is 5.16. The van der Waals surface area contributed by atoms with Crippen molar-refractivity contribution in [2.24, 2.45) is 18.9 Å². The number of rotatable bonds is 8. The first-order valence-corrected chi connectivity index (χ1v) is 13.4. The van der Waals surface area contributed by atoms with Crippen molar-refractivity contribution in [1.29, 1.82) is 5.41 Å². The second-order valence-electron chi connectivity index (χ2n) is 10.7. The van der Waals surface area contributed by atoms with Crippen LogP contribution in [-0.4, -0.2) is 46.8 Å². The lowest BCUT2D eigenvalue weighted by molar-refractivity contribution is -0.123. The molecule has 2 aromatic carbocycles. The summed E-state index contributed by atoms with van der Waals surface area (Å²) < 4.78 is 44.9. The van der Waals surface area contributed by atoms with Gasteiger partial charge in [0.05, 0.1) is 5.69 Å². The Balaban J connectivity index is 1.30. The number of nitrogens with zero attached hydrogens (tertiary/aromatic N) is 2. The number of Topliss-reactive ketones (excluding diaryl/α,β-unsaturated/α-hetero) is 1. The lowest BCUT2D eigenvalue weighted by Crippen LogP contribution is -2.40. The molecule has 2 heterocycles. The van der Waals surface area contributed by atoms with Crippen molar-refractivity contribution in [3.63, 3.8) is 0 Å². The zero-order valence-corrected chi connectivity index (χ0v) is 22.8. The maximum absolute atomic E-state index is 13.5. The van der Waals surface area contributed by atoms with E-state index < -0.39 is 18.6 Å². The fourth-order valence-corrected chi connectivity index (χ4v) is 5.91. The van der Waals surface area contributed by atoms with Crippen molar-refractivity contribution in [1.82, 2.24) is 14.8 Å². The van der Waals surface area contributed by atoms with E-state index in [1.54, 1.807) is 19.1 Å². The maximum Gasteiger partial charge on any atom is 0.405 e. The third-order valence-corrected chi connectivity index (χ3v) is 8.05. The Morgan fingerprint density at radius 1 is 1.20 bits per heavy atom. The van der Waals surface area contributed by atoms with Crippen LogP contribution in [0.1, 0.15) is 45.7 Å². The van der Waals surface area contributed by atoms with Gasteiger partial charge in [0, 0.05) is 53.1 Å². The quantitative estimate of drug-likeness (QED) is 0.241. The molecule has 10 heteroatoms. The molecule has 5 rings (SSSR count). The molecule has 214 valence electrons. The molecule has 41 heavy (non-hydrogen) atoms. The highest BCUT2D eigenvalue weighted by atomic mass is 19.4. The Morgan fingerprint density at radius 3 is 2.71 bits per heavy atom. The van der Waals surface area contributed by atoms with Gasteiger partial charge >= 0.3 is 6.18 Å². The van der Waals surface area contributed by atoms with E-state index in [1.165, 1.54) is 6.07 Å². The SMILES string of the molecule is C=C1C=c2ccc(C(=O)NCC(F)(F)F)c(C)c2=CN1CC1CCC(C(=O)c2cc3cc(OC=N)ccc3n2C)C1. The minimum Gasteiger partial charge on any atom is -0.446 e. The number of aromatic nitrogens is 1. The fraction of sp³-hybridized carbons (Fsp3) is 0.323. The first-order chi connectivity index (χ1) is 19.4. The van der Waals surface area contributed by atoms with Crippen LogP contribution in [0.5, 0.6) is 5.75 Å². The number of benzene rings is 2. The average Bonchev–Trinajstić information content (AvgIpc) is 3.52. The first-order valence-electron chi connectivity index (χ1n) is 13.4. The van der Waals surface area contributed by atoms with Crippen LogP contribution in [0.15, 0.2) is 48.7 Å². The van der Waals surface area contributed by atoms with Crippen molar-refractivity contribution in [2.45, 2.75) is 32.4 Å². The van der Waals surface area contributed by atoms with E-state index in [0.29, 0.717) is 23.6 Å². The highest BCUT2D eigenvalue weighted by Gasteiger charge is 2.33. The van der Waals surface area contributed by atoms with E-state index in [1.807, 2.05) is 52.3 Å². The molecule has 1 aliphatic heterocycles. The molecule has 1 amide bonds. The van der Waals surface area contributed by atoms with Crippen LogP contribution in [0.25, 0.3) is 23.2 Å². The van der Waals surface area contributed by atoms with Gasteiger partial charge in [0.15, 0.2) is 12.2 Å². The van der Waals surface area contributed by atoms with Gasteiger partial charge in [-0.3, -0.25) is 15.0 Å². The standard InChI is InChI=1S/C31H31F3N4O3/c1-18-10-21-6-8-25(30(40)36-16-31(32,33)34)19(2)26(21)15-38(18)14-20-4-5-22(11-20)29(39)28-13-23-12-24(41-17-35)7-9-27(23)37(28)3/h6-10,12-13,15,17,20,22,35H,1,4-5,11,14,16H2,2-3H3,(H,36,40). The Bertz CT molecular complexity index is 1690. The lowest BCUT2D eigenvalue weighted by Gasteiger charge is -2.27. The maximum atomic E-state index is 13.5. The van der Waals surface area contributed by atoms with Crippen molar-refractivity contribution in [3.05, 3.63) is 75.9 Å². The summed E-state index contributed by atoms with van der Waals surface area (Å²) in [6, 6.07) is 10.6. The van der Waals surface area contributed by atoms with E-state index in [9.17, 15) is 22.8 Å². The number of aryl methyl sites for hydroxylation is 1. The largest absolute Gasteiger partial charge is 0.446 e. The molecule has 0 spiro atoms. The van der Waals surface area contributed by atoms with E-state index in [-0.39, 0.29) is 23.2 Å². The van der Waals surface area contributed by atoms with Gasteiger partial charge in [-0.05, 0) is 79.3 Å². The number of ketones is 1. The van der Waals surface area contributed by atoms with Crippen LogP contribution < -0.4 is 20.5 Å². The van der Waals surface area contributed by atoms with Crippen LogP contribution in [0.2, 0.25) is 0 Å². The van der Waals surface area contributed by atoms with Crippen LogP contribution >= 0.6 is 0 Å². The molecule has 7 nitrogen and oxygen atoms in total. The van der Waals surface area contributed by atoms with Crippen LogP contribution in [-0.2, 0) is 7.05 Å². The summed E-state index contributed by atoms with van der Waals surface area (Å²) in [5, 5.41) is 11.6. The number of amides is 1. The van der Waals surface area contributed by atoms with Gasteiger partial charge < -0.3 is 19.5 Å². The number of nitrogens with one attached hydrogen (secondary N) is 2. The van der Waals surface area contributed by atoms with Gasteiger partial charge in [-0.15, -0.1) is 0 Å². The van der Waals surface area contributed by atoms with Gasteiger partial charge in [0.25, 0.3) is 5.91 Å². The number of allylic oxidation sites excluding steroid dienone is 1. The Hall–Kier alpha value is -4.34. The molecule has 2 aliphatic rings. The summed E-state index contributed by atoms with van der Waals surface area (Å²) in [6.07, 6.45) is 2.57. The Kier molecular flexibility index (Phi) is 7.50. The molecule has 2 N–H and O–H groups in total.